The van der Waals surface area contributed by atoms with Crippen LogP contribution in [0.4, 0.5) is 5.69 Å². The Bertz CT molecular complexity index is 575. The maximum Gasteiger partial charge on any atom is 0.338 e. The van der Waals surface area contributed by atoms with Crippen molar-refractivity contribution < 1.29 is 29.3 Å². The van der Waals surface area contributed by atoms with Crippen LogP contribution in [-0.2, 0) is 14.3 Å². The molecule has 0 radical (unpaired) electrons. The zero-order chi connectivity index (χ0) is 21.3. The van der Waals surface area contributed by atoms with Gasteiger partial charge in [0.15, 0.2) is 0 Å². The van der Waals surface area contributed by atoms with Crippen molar-refractivity contribution in [2.24, 2.45) is 0 Å². The second kappa shape index (κ2) is 15.8. The van der Waals surface area contributed by atoms with Crippen molar-refractivity contribution in [3.8, 4) is 0 Å². The van der Waals surface area contributed by atoms with Gasteiger partial charge in [-0.3, -0.25) is 4.79 Å². The molecule has 1 unspecified atom stereocenters. The number of aliphatic hydroxyl groups is 2. The number of anilines is 1. The lowest BCUT2D eigenvalue weighted by Gasteiger charge is -2.10. The van der Waals surface area contributed by atoms with Gasteiger partial charge in [-0.25, -0.2) is 4.79 Å². The Kier molecular flexibility index (Phi) is 13.5. The van der Waals surface area contributed by atoms with Crippen LogP contribution in [0.1, 0.15) is 68.1 Å². The van der Waals surface area contributed by atoms with Crippen molar-refractivity contribution in [2.75, 3.05) is 32.2 Å². The van der Waals surface area contributed by atoms with E-state index in [1.165, 1.54) is 39.2 Å². The van der Waals surface area contributed by atoms with Gasteiger partial charge in [-0.05, 0) is 37.1 Å². The van der Waals surface area contributed by atoms with Crippen molar-refractivity contribution in [1.29, 1.82) is 0 Å². The van der Waals surface area contributed by atoms with Crippen molar-refractivity contribution in [2.45, 2.75) is 63.9 Å². The van der Waals surface area contributed by atoms with Crippen molar-refractivity contribution in [1.82, 2.24) is 0 Å². The standard InChI is InChI=1S/C22H35NO6/c1-28-21(26)10-8-6-4-2-3-5-7-9-15-23-19-13-11-18(12-14-19)22(27)29-17-20(25)16-24/h11-14,20,23-25H,2-10,15-17H2,1H3. The molecule has 3 N–H and O–H groups in total. The molecule has 29 heavy (non-hydrogen) atoms. The first-order valence-corrected chi connectivity index (χ1v) is 10.4. The number of carbonyl (C=O) groups excluding carboxylic acids is 2. The number of hydrogen-bond acceptors (Lipinski definition) is 7. The van der Waals surface area contributed by atoms with Gasteiger partial charge < -0.3 is 25.0 Å². The normalized spacial score (nSPS) is 11.7. The lowest BCUT2D eigenvalue weighted by atomic mass is 10.1. The number of unbranched alkanes of at least 4 members (excludes halogenated alkanes) is 7. The molecule has 0 fully saturated rings. The number of rotatable bonds is 16. The number of nitrogens with one attached hydrogen (secondary N) is 1. The topological polar surface area (TPSA) is 105 Å². The van der Waals surface area contributed by atoms with E-state index in [0.717, 1.165) is 31.5 Å². The number of carbonyl (C=O) groups is 2. The fourth-order valence-corrected chi connectivity index (χ4v) is 2.82. The molecule has 1 atom stereocenters. The Morgan fingerprint density at radius 3 is 2.14 bits per heavy atom. The maximum atomic E-state index is 11.8. The minimum absolute atomic E-state index is 0.120. The first-order valence-electron chi connectivity index (χ1n) is 10.4. The van der Waals surface area contributed by atoms with Crippen LogP contribution in [0.5, 0.6) is 0 Å². The van der Waals surface area contributed by atoms with Crippen LogP contribution in [0.2, 0.25) is 0 Å². The van der Waals surface area contributed by atoms with Crippen molar-refractivity contribution in [3.05, 3.63) is 29.8 Å². The average molecular weight is 410 g/mol. The van der Waals surface area contributed by atoms with Gasteiger partial charge in [0.1, 0.15) is 12.7 Å². The molecule has 0 saturated heterocycles. The summed E-state index contributed by atoms with van der Waals surface area (Å²) < 4.78 is 9.53. The second-order valence-electron chi connectivity index (χ2n) is 7.09. The van der Waals surface area contributed by atoms with E-state index in [1.54, 1.807) is 12.1 Å². The number of benzene rings is 1. The summed E-state index contributed by atoms with van der Waals surface area (Å²) in [5, 5.41) is 21.2. The number of ether oxygens (including phenoxy) is 2. The quantitative estimate of drug-likeness (QED) is 0.284. The van der Waals surface area contributed by atoms with E-state index in [9.17, 15) is 14.7 Å². The molecule has 7 nitrogen and oxygen atoms in total. The number of esters is 2. The predicted molar refractivity (Wildman–Crippen MR) is 112 cm³/mol. The minimum Gasteiger partial charge on any atom is -0.469 e. The molecule has 0 saturated carbocycles. The highest BCUT2D eigenvalue weighted by Crippen LogP contribution is 2.13. The SMILES string of the molecule is COC(=O)CCCCCCCCCCNc1ccc(C(=O)OCC(O)CO)cc1. The lowest BCUT2D eigenvalue weighted by Crippen LogP contribution is -2.21. The molecule has 0 amide bonds. The molecule has 1 aromatic rings. The summed E-state index contributed by atoms with van der Waals surface area (Å²) in [5.41, 5.74) is 1.36. The molecule has 0 aromatic heterocycles. The zero-order valence-corrected chi connectivity index (χ0v) is 17.4. The summed E-state index contributed by atoms with van der Waals surface area (Å²) in [7, 11) is 1.43. The molecule has 7 heteroatoms. The predicted octanol–water partition coefficient (Wildman–Crippen LogP) is 3.29. The van der Waals surface area contributed by atoms with Crippen LogP contribution in [0.15, 0.2) is 24.3 Å². The summed E-state index contributed by atoms with van der Waals surface area (Å²) in [4.78, 5) is 22.8. The van der Waals surface area contributed by atoms with Gasteiger partial charge >= 0.3 is 11.9 Å². The fraction of sp³-hybridized carbons (Fsp3) is 0.636. The Labute approximate surface area is 173 Å². The van der Waals surface area contributed by atoms with Crippen LogP contribution in [0.25, 0.3) is 0 Å². The van der Waals surface area contributed by atoms with Crippen LogP contribution in [-0.4, -0.2) is 55.1 Å². The molecular weight excluding hydrogens is 374 g/mol. The van der Waals surface area contributed by atoms with Gasteiger partial charge in [0, 0.05) is 18.7 Å². The molecule has 1 aromatic carbocycles. The van der Waals surface area contributed by atoms with Gasteiger partial charge in [-0.2, -0.15) is 0 Å². The molecule has 0 aliphatic heterocycles. The van der Waals surface area contributed by atoms with Gasteiger partial charge in [-0.15, -0.1) is 0 Å². The van der Waals surface area contributed by atoms with E-state index < -0.39 is 18.7 Å². The monoisotopic (exact) mass is 409 g/mol. The minimum atomic E-state index is -1.05. The van der Waals surface area contributed by atoms with Crippen molar-refractivity contribution in [3.63, 3.8) is 0 Å². The number of aliphatic hydroxyl groups excluding tert-OH is 2. The van der Waals surface area contributed by atoms with E-state index in [4.69, 9.17) is 9.84 Å². The molecule has 0 aliphatic rings. The van der Waals surface area contributed by atoms with E-state index in [1.807, 2.05) is 12.1 Å². The Morgan fingerprint density at radius 2 is 1.55 bits per heavy atom. The Balaban J connectivity index is 2.03. The molecule has 0 bridgehead atoms. The molecule has 0 aliphatic carbocycles. The smallest absolute Gasteiger partial charge is 0.338 e. The summed E-state index contributed by atoms with van der Waals surface area (Å²) >= 11 is 0. The van der Waals surface area contributed by atoms with Crippen LogP contribution >= 0.6 is 0 Å². The molecular formula is C22H35NO6. The van der Waals surface area contributed by atoms with Gasteiger partial charge in [0.05, 0.1) is 19.3 Å². The summed E-state index contributed by atoms with van der Waals surface area (Å²) in [6.45, 7) is 0.224. The van der Waals surface area contributed by atoms with E-state index >= 15 is 0 Å². The first-order chi connectivity index (χ1) is 14.1. The molecule has 0 heterocycles. The van der Waals surface area contributed by atoms with Crippen LogP contribution in [0, 0.1) is 0 Å². The summed E-state index contributed by atoms with van der Waals surface area (Å²) in [6, 6.07) is 7.01. The largest absolute Gasteiger partial charge is 0.469 e. The fourth-order valence-electron chi connectivity index (χ4n) is 2.82. The Morgan fingerprint density at radius 1 is 0.966 bits per heavy atom. The van der Waals surface area contributed by atoms with Crippen LogP contribution in [0.3, 0.4) is 0 Å². The van der Waals surface area contributed by atoms with Crippen LogP contribution < -0.4 is 5.32 Å². The third-order valence-electron chi connectivity index (χ3n) is 4.60. The summed E-state index contributed by atoms with van der Waals surface area (Å²) in [6.07, 6.45) is 8.55. The molecule has 0 spiro atoms. The third kappa shape index (κ3) is 12.1. The van der Waals surface area contributed by atoms with Crippen molar-refractivity contribution >= 4 is 17.6 Å². The first kappa shape index (κ1) is 24.9. The molecule has 1 rings (SSSR count). The number of hydrogen-bond donors (Lipinski definition) is 3. The van der Waals surface area contributed by atoms with Gasteiger partial charge in [0.2, 0.25) is 0 Å². The van der Waals surface area contributed by atoms with Gasteiger partial charge in [0.25, 0.3) is 0 Å². The second-order valence-corrected chi connectivity index (χ2v) is 7.09. The van der Waals surface area contributed by atoms with E-state index in [2.05, 4.69) is 10.1 Å². The van der Waals surface area contributed by atoms with E-state index in [0.29, 0.717) is 12.0 Å². The zero-order valence-electron chi connectivity index (χ0n) is 17.4. The molecule has 164 valence electrons. The van der Waals surface area contributed by atoms with Gasteiger partial charge in [-0.1, -0.05) is 38.5 Å². The summed E-state index contributed by atoms with van der Waals surface area (Å²) in [5.74, 6) is -0.640. The lowest BCUT2D eigenvalue weighted by molar-refractivity contribution is -0.140. The highest BCUT2D eigenvalue weighted by molar-refractivity contribution is 5.89. The average Bonchev–Trinajstić information content (AvgIpc) is 2.75. The Hall–Kier alpha value is -2.12. The number of methoxy groups -OCH3 is 1. The third-order valence-corrected chi connectivity index (χ3v) is 4.60. The van der Waals surface area contributed by atoms with E-state index in [-0.39, 0.29) is 12.6 Å². The highest BCUT2D eigenvalue weighted by Gasteiger charge is 2.10. The maximum absolute atomic E-state index is 11.8. The highest BCUT2D eigenvalue weighted by atomic mass is 16.5.